The minimum atomic E-state index is -0.842. The van der Waals surface area contributed by atoms with Gasteiger partial charge in [0.05, 0.1) is 25.4 Å². The van der Waals surface area contributed by atoms with E-state index in [4.69, 9.17) is 4.74 Å². The molecule has 414 valence electrons. The van der Waals surface area contributed by atoms with Crippen molar-refractivity contribution >= 4 is 11.9 Å². The second-order valence-corrected chi connectivity index (χ2v) is 21.7. The van der Waals surface area contributed by atoms with Crippen molar-refractivity contribution in [1.82, 2.24) is 5.32 Å². The molecule has 0 saturated heterocycles. The van der Waals surface area contributed by atoms with Gasteiger partial charge in [0.15, 0.2) is 0 Å². The number of rotatable bonds is 59. The number of unbranched alkanes of at least 4 members (excludes halogenated alkanes) is 46. The van der Waals surface area contributed by atoms with Gasteiger partial charge in [-0.1, -0.05) is 301 Å². The second-order valence-electron chi connectivity index (χ2n) is 21.7. The van der Waals surface area contributed by atoms with Gasteiger partial charge in [0.1, 0.15) is 0 Å². The summed E-state index contributed by atoms with van der Waals surface area (Å²) < 4.78 is 5.50. The molecular weight excluding hydrogens is 863 g/mol. The fourth-order valence-corrected chi connectivity index (χ4v) is 9.87. The Hall–Kier alpha value is -1.66. The number of aliphatic hydroxyl groups is 2. The van der Waals surface area contributed by atoms with Crippen LogP contribution in [0.15, 0.2) is 24.3 Å². The topological polar surface area (TPSA) is 95.9 Å². The lowest BCUT2D eigenvalue weighted by Crippen LogP contribution is -2.45. The first kappa shape index (κ1) is 68.3. The number of amides is 1. The summed E-state index contributed by atoms with van der Waals surface area (Å²) in [5, 5.41) is 23.0. The van der Waals surface area contributed by atoms with Gasteiger partial charge < -0.3 is 20.3 Å². The van der Waals surface area contributed by atoms with Crippen LogP contribution < -0.4 is 5.32 Å². The maximum absolute atomic E-state index is 12.4. The molecule has 0 heterocycles. The molecule has 0 aliphatic rings. The molecule has 3 N–H and O–H groups in total. The smallest absolute Gasteiger partial charge is 0.305 e. The largest absolute Gasteiger partial charge is 0.466 e. The molecule has 0 spiro atoms. The maximum Gasteiger partial charge on any atom is 0.305 e. The van der Waals surface area contributed by atoms with Crippen LogP contribution in [0.25, 0.3) is 0 Å². The normalized spacial score (nSPS) is 12.7. The Kier molecular flexibility index (Phi) is 58.5. The lowest BCUT2D eigenvalue weighted by atomic mass is 10.0. The van der Waals surface area contributed by atoms with Crippen molar-refractivity contribution < 1.29 is 24.5 Å². The number of hydrogen-bond donors (Lipinski definition) is 3. The van der Waals surface area contributed by atoms with Crippen LogP contribution in [0.4, 0.5) is 0 Å². The van der Waals surface area contributed by atoms with Gasteiger partial charge in [-0.05, 0) is 57.8 Å². The van der Waals surface area contributed by atoms with E-state index >= 15 is 0 Å². The fraction of sp³-hybridized carbons (Fsp3) is 0.906. The average molecular weight is 987 g/mol. The summed E-state index contributed by atoms with van der Waals surface area (Å²) in [6, 6.07) is -0.626. The highest BCUT2D eigenvalue weighted by molar-refractivity contribution is 5.76. The van der Waals surface area contributed by atoms with Gasteiger partial charge in [-0.2, -0.15) is 0 Å². The van der Waals surface area contributed by atoms with Crippen LogP contribution in [0.1, 0.15) is 348 Å². The number of carbonyl (C=O) groups is 2. The summed E-state index contributed by atoms with van der Waals surface area (Å²) in [7, 11) is 0. The van der Waals surface area contributed by atoms with Gasteiger partial charge in [-0.3, -0.25) is 9.59 Å². The summed E-state index contributed by atoms with van der Waals surface area (Å²) in [5.74, 6) is -0.0514. The number of carbonyl (C=O) groups excluding carboxylic acids is 2. The van der Waals surface area contributed by atoms with Crippen LogP contribution in [0.5, 0.6) is 0 Å². The zero-order valence-electron chi connectivity index (χ0n) is 47.3. The average Bonchev–Trinajstić information content (AvgIpc) is 3.36. The number of hydrogen-bond acceptors (Lipinski definition) is 5. The zero-order chi connectivity index (χ0) is 50.7. The quantitative estimate of drug-likeness (QED) is 0.0321. The molecule has 0 radical (unpaired) electrons. The van der Waals surface area contributed by atoms with Crippen LogP contribution in [0, 0.1) is 0 Å². The van der Waals surface area contributed by atoms with Gasteiger partial charge >= 0.3 is 5.97 Å². The van der Waals surface area contributed by atoms with Crippen molar-refractivity contribution in [3.05, 3.63) is 24.3 Å². The minimum absolute atomic E-state index is 0.0184. The van der Waals surface area contributed by atoms with E-state index in [-0.39, 0.29) is 18.5 Å². The molecule has 6 heteroatoms. The van der Waals surface area contributed by atoms with Crippen molar-refractivity contribution in [1.29, 1.82) is 0 Å². The van der Waals surface area contributed by atoms with Gasteiger partial charge in [0.25, 0.3) is 0 Å². The monoisotopic (exact) mass is 986 g/mol. The molecule has 0 aliphatic carbocycles. The van der Waals surface area contributed by atoms with E-state index in [0.29, 0.717) is 19.4 Å². The number of allylic oxidation sites excluding steroid dienone is 3. The third-order valence-corrected chi connectivity index (χ3v) is 14.7. The molecule has 70 heavy (non-hydrogen) atoms. The van der Waals surface area contributed by atoms with Crippen molar-refractivity contribution in [3.8, 4) is 0 Å². The van der Waals surface area contributed by atoms with Crippen LogP contribution in [-0.4, -0.2) is 47.4 Å². The van der Waals surface area contributed by atoms with E-state index in [1.165, 1.54) is 283 Å². The van der Waals surface area contributed by atoms with E-state index in [1.807, 2.05) is 6.08 Å². The molecule has 0 aromatic rings. The lowest BCUT2D eigenvalue weighted by Gasteiger charge is -2.20. The van der Waals surface area contributed by atoms with Crippen LogP contribution >= 0.6 is 0 Å². The Balaban J connectivity index is 3.35. The van der Waals surface area contributed by atoms with E-state index in [9.17, 15) is 19.8 Å². The summed E-state index contributed by atoms with van der Waals surface area (Å²) >= 11 is 0. The number of ether oxygens (including phenoxy) is 1. The molecule has 0 aromatic carbocycles. The standard InChI is InChI=1S/C64H123NO5/c1-3-5-7-9-11-13-15-16-17-32-35-38-42-46-50-54-58-64(69)70-59-55-51-47-43-39-36-33-30-28-26-24-22-20-18-19-21-23-25-27-29-31-34-37-41-45-49-53-57-63(68)65-61(60-66)62(67)56-52-48-44-40-14-12-10-8-6-4-2/h18-19,52,56,61-62,66-67H,3-17,20-51,53-55,57-60H2,1-2H3,(H,65,68)/b19-18-,56-52+. The highest BCUT2D eigenvalue weighted by atomic mass is 16.5. The first-order valence-electron chi connectivity index (χ1n) is 31.6. The first-order valence-corrected chi connectivity index (χ1v) is 31.6. The first-order chi connectivity index (χ1) is 34.5. The molecule has 0 aliphatic heterocycles. The Morgan fingerprint density at radius 1 is 0.386 bits per heavy atom. The molecule has 0 aromatic heterocycles. The third kappa shape index (κ3) is 55.7. The van der Waals surface area contributed by atoms with Gasteiger partial charge in [-0.25, -0.2) is 0 Å². The third-order valence-electron chi connectivity index (χ3n) is 14.7. The van der Waals surface area contributed by atoms with E-state index in [0.717, 1.165) is 38.5 Å². The Labute approximate surface area is 437 Å². The Morgan fingerprint density at radius 2 is 0.671 bits per heavy atom. The van der Waals surface area contributed by atoms with E-state index < -0.39 is 12.1 Å². The predicted molar refractivity (Wildman–Crippen MR) is 306 cm³/mol. The summed E-state index contributed by atoms with van der Waals surface area (Å²) in [6.07, 6.45) is 73.8. The molecule has 2 atom stereocenters. The predicted octanol–water partition coefficient (Wildman–Crippen LogP) is 19.8. The zero-order valence-corrected chi connectivity index (χ0v) is 47.3. The molecule has 0 fully saturated rings. The maximum atomic E-state index is 12.4. The molecule has 0 saturated carbocycles. The van der Waals surface area contributed by atoms with Crippen molar-refractivity contribution in [2.45, 2.75) is 360 Å². The van der Waals surface area contributed by atoms with Gasteiger partial charge in [-0.15, -0.1) is 0 Å². The van der Waals surface area contributed by atoms with Crippen molar-refractivity contribution in [2.75, 3.05) is 13.2 Å². The van der Waals surface area contributed by atoms with Crippen LogP contribution in [0.2, 0.25) is 0 Å². The van der Waals surface area contributed by atoms with E-state index in [1.54, 1.807) is 6.08 Å². The van der Waals surface area contributed by atoms with Crippen molar-refractivity contribution in [3.63, 3.8) is 0 Å². The number of esters is 1. The van der Waals surface area contributed by atoms with Crippen LogP contribution in [0.3, 0.4) is 0 Å². The molecule has 2 unspecified atom stereocenters. The molecule has 6 nitrogen and oxygen atoms in total. The van der Waals surface area contributed by atoms with Crippen LogP contribution in [-0.2, 0) is 14.3 Å². The molecule has 1 amide bonds. The summed E-state index contributed by atoms with van der Waals surface area (Å²) in [4.78, 5) is 24.5. The fourth-order valence-electron chi connectivity index (χ4n) is 9.87. The molecular formula is C64H123NO5. The summed E-state index contributed by atoms with van der Waals surface area (Å²) in [6.45, 7) is 4.91. The minimum Gasteiger partial charge on any atom is -0.466 e. The van der Waals surface area contributed by atoms with E-state index in [2.05, 4.69) is 31.3 Å². The highest BCUT2D eigenvalue weighted by Gasteiger charge is 2.18. The molecule has 0 rings (SSSR count). The SMILES string of the molecule is CCCCCCCCCC/C=C/C(O)C(CO)NC(=O)CCCCCCCCCCCCC/C=C\CCCCCCCCCCCCCCOC(=O)CCCCCCCCCCCCCCCCCC. The number of nitrogens with one attached hydrogen (secondary N) is 1. The molecule has 0 bridgehead atoms. The van der Waals surface area contributed by atoms with Gasteiger partial charge in [0.2, 0.25) is 5.91 Å². The Morgan fingerprint density at radius 3 is 1.01 bits per heavy atom. The van der Waals surface area contributed by atoms with Gasteiger partial charge in [0, 0.05) is 12.8 Å². The summed E-state index contributed by atoms with van der Waals surface area (Å²) in [5.41, 5.74) is 0. The lowest BCUT2D eigenvalue weighted by molar-refractivity contribution is -0.143. The highest BCUT2D eigenvalue weighted by Crippen LogP contribution is 2.17. The van der Waals surface area contributed by atoms with Crippen molar-refractivity contribution in [2.24, 2.45) is 0 Å². The number of aliphatic hydroxyl groups excluding tert-OH is 2. The second kappa shape index (κ2) is 59.9. The Bertz CT molecular complexity index is 1090.